The van der Waals surface area contributed by atoms with Crippen LogP contribution in [0.15, 0.2) is 30.3 Å². The second-order valence-corrected chi connectivity index (χ2v) is 6.16. The minimum absolute atomic E-state index is 0.246. The molecule has 3 aliphatic rings. The summed E-state index contributed by atoms with van der Waals surface area (Å²) in [7, 11) is 0. The van der Waals surface area contributed by atoms with Crippen LogP contribution in [0.1, 0.15) is 18.8 Å². The van der Waals surface area contributed by atoms with Gasteiger partial charge in [0.2, 0.25) is 0 Å². The van der Waals surface area contributed by atoms with Crippen molar-refractivity contribution in [3.05, 3.63) is 35.9 Å². The predicted molar refractivity (Wildman–Crippen MR) is 78.3 cm³/mol. The van der Waals surface area contributed by atoms with Gasteiger partial charge in [-0.3, -0.25) is 4.79 Å². The smallest absolute Gasteiger partial charge is 0.312 e. The van der Waals surface area contributed by atoms with Crippen molar-refractivity contribution in [2.24, 2.45) is 11.8 Å². The second kappa shape index (κ2) is 5.87. The summed E-state index contributed by atoms with van der Waals surface area (Å²) in [6.45, 7) is 2.43. The minimum Gasteiger partial charge on any atom is -0.466 e. The highest BCUT2D eigenvalue weighted by molar-refractivity contribution is 5.77. The molecule has 1 saturated carbocycles. The van der Waals surface area contributed by atoms with Crippen LogP contribution in [0.4, 0.5) is 0 Å². The molecule has 3 fully saturated rings. The Hall–Kier alpha value is -1.47. The lowest BCUT2D eigenvalue weighted by Gasteiger charge is -2.41. The monoisotopic (exact) mass is 320 g/mol. The predicted octanol–water partition coefficient (Wildman–Crippen LogP) is 1.04. The maximum Gasteiger partial charge on any atom is 0.312 e. The van der Waals surface area contributed by atoms with E-state index in [1.807, 2.05) is 30.3 Å². The van der Waals surface area contributed by atoms with Crippen molar-refractivity contribution in [1.82, 2.24) is 0 Å². The molecule has 0 bridgehead atoms. The van der Waals surface area contributed by atoms with Crippen molar-refractivity contribution >= 4 is 5.97 Å². The standard InChI is InChI=1S/C17H20O6/c1-2-20-16(19)12-11-13(18)14-10(22-15(11)12)8-21-17(23-14)9-6-4-3-5-7-9/h3-7,10-15,17-18H,2,8H2,1H3/t10?,11?,12-,13+,14?,15?,17?/m0/s1. The van der Waals surface area contributed by atoms with Crippen LogP contribution in [0.2, 0.25) is 0 Å². The van der Waals surface area contributed by atoms with Crippen LogP contribution in [-0.2, 0) is 23.7 Å². The van der Waals surface area contributed by atoms with E-state index >= 15 is 0 Å². The molecule has 4 rings (SSSR count). The van der Waals surface area contributed by atoms with Crippen LogP contribution in [0.25, 0.3) is 0 Å². The molecule has 2 heterocycles. The van der Waals surface area contributed by atoms with Gasteiger partial charge in [-0.2, -0.15) is 0 Å². The maximum atomic E-state index is 11.9. The van der Waals surface area contributed by atoms with Crippen LogP contribution in [-0.4, -0.2) is 48.7 Å². The van der Waals surface area contributed by atoms with Crippen LogP contribution in [0, 0.1) is 11.8 Å². The van der Waals surface area contributed by atoms with Crippen molar-refractivity contribution in [2.45, 2.75) is 37.6 Å². The fourth-order valence-electron chi connectivity index (χ4n) is 3.59. The Bertz CT molecular complexity index is 576. The van der Waals surface area contributed by atoms with Crippen LogP contribution in [0.5, 0.6) is 0 Å². The summed E-state index contributed by atoms with van der Waals surface area (Å²) in [6.07, 6.45) is -2.40. The second-order valence-electron chi connectivity index (χ2n) is 6.16. The molecule has 0 spiro atoms. The van der Waals surface area contributed by atoms with Crippen molar-refractivity contribution in [3.8, 4) is 0 Å². The quantitative estimate of drug-likeness (QED) is 0.839. The van der Waals surface area contributed by atoms with Crippen molar-refractivity contribution in [3.63, 3.8) is 0 Å². The Morgan fingerprint density at radius 2 is 2.04 bits per heavy atom. The molecule has 1 N–H and O–H groups in total. The number of aliphatic hydroxyl groups is 1. The largest absolute Gasteiger partial charge is 0.466 e. The minimum atomic E-state index is -0.747. The first-order chi connectivity index (χ1) is 11.2. The lowest BCUT2D eigenvalue weighted by molar-refractivity contribution is -0.300. The van der Waals surface area contributed by atoms with Gasteiger partial charge < -0.3 is 24.1 Å². The molecule has 1 aliphatic carbocycles. The number of esters is 1. The van der Waals surface area contributed by atoms with Gasteiger partial charge in [-0.1, -0.05) is 30.3 Å². The van der Waals surface area contributed by atoms with Gasteiger partial charge in [0.25, 0.3) is 0 Å². The number of fused-ring (bicyclic) bond motifs is 2. The average molecular weight is 320 g/mol. The molecule has 1 aromatic carbocycles. The van der Waals surface area contributed by atoms with Gasteiger partial charge in [0.1, 0.15) is 12.2 Å². The molecular formula is C17H20O6. The van der Waals surface area contributed by atoms with E-state index in [0.29, 0.717) is 13.2 Å². The third kappa shape index (κ3) is 2.55. The van der Waals surface area contributed by atoms with Gasteiger partial charge in [-0.25, -0.2) is 0 Å². The number of carbonyl (C=O) groups is 1. The number of aliphatic hydroxyl groups excluding tert-OH is 1. The maximum absolute atomic E-state index is 11.9. The van der Waals surface area contributed by atoms with Crippen LogP contribution >= 0.6 is 0 Å². The molecule has 6 nitrogen and oxygen atoms in total. The van der Waals surface area contributed by atoms with Crippen molar-refractivity contribution < 1.29 is 28.8 Å². The molecule has 1 aromatic rings. The zero-order valence-electron chi connectivity index (χ0n) is 12.8. The van der Waals surface area contributed by atoms with E-state index in [9.17, 15) is 9.90 Å². The molecule has 2 aliphatic heterocycles. The van der Waals surface area contributed by atoms with E-state index in [-0.39, 0.29) is 24.1 Å². The van der Waals surface area contributed by atoms with E-state index in [4.69, 9.17) is 18.9 Å². The molecule has 6 heteroatoms. The third-order valence-corrected chi connectivity index (χ3v) is 4.76. The first-order valence-electron chi connectivity index (χ1n) is 8.03. The van der Waals surface area contributed by atoms with E-state index in [1.54, 1.807) is 6.92 Å². The summed E-state index contributed by atoms with van der Waals surface area (Å²) in [5.41, 5.74) is 0.901. The topological polar surface area (TPSA) is 74.2 Å². The first-order valence-corrected chi connectivity index (χ1v) is 8.03. The van der Waals surface area contributed by atoms with E-state index in [0.717, 1.165) is 5.56 Å². The molecule has 0 aromatic heterocycles. The van der Waals surface area contributed by atoms with Crippen molar-refractivity contribution in [1.29, 1.82) is 0 Å². The number of carbonyl (C=O) groups excluding carboxylic acids is 1. The van der Waals surface area contributed by atoms with Gasteiger partial charge in [-0.05, 0) is 6.92 Å². The molecule has 2 saturated heterocycles. The highest BCUT2D eigenvalue weighted by Crippen LogP contribution is 2.52. The molecule has 0 amide bonds. The first kappa shape index (κ1) is 15.1. The van der Waals surface area contributed by atoms with Crippen LogP contribution < -0.4 is 0 Å². The van der Waals surface area contributed by atoms with Gasteiger partial charge in [0, 0.05) is 11.5 Å². The van der Waals surface area contributed by atoms with Gasteiger partial charge >= 0.3 is 5.97 Å². The number of hydrogen-bond donors (Lipinski definition) is 1. The third-order valence-electron chi connectivity index (χ3n) is 4.76. The fraction of sp³-hybridized carbons (Fsp3) is 0.588. The number of hydrogen-bond acceptors (Lipinski definition) is 6. The van der Waals surface area contributed by atoms with Crippen LogP contribution in [0.3, 0.4) is 0 Å². The summed E-state index contributed by atoms with van der Waals surface area (Å²) < 4.78 is 22.6. The molecule has 23 heavy (non-hydrogen) atoms. The number of benzene rings is 1. The molecule has 0 radical (unpaired) electrons. The normalized spacial score (nSPS) is 41.6. The SMILES string of the molecule is CCOC(=O)[C@@H]1C2OC3COC(c4ccccc4)OC3[C@H](O)C21. The van der Waals surface area contributed by atoms with Gasteiger partial charge in [0.05, 0.1) is 31.3 Å². The highest BCUT2D eigenvalue weighted by Gasteiger charge is 2.67. The Morgan fingerprint density at radius 1 is 1.26 bits per heavy atom. The van der Waals surface area contributed by atoms with Crippen molar-refractivity contribution in [2.75, 3.05) is 13.2 Å². The van der Waals surface area contributed by atoms with Gasteiger partial charge in [-0.15, -0.1) is 0 Å². The zero-order valence-corrected chi connectivity index (χ0v) is 12.8. The molecular weight excluding hydrogens is 300 g/mol. The number of rotatable bonds is 3. The Labute approximate surface area is 134 Å². The summed E-state index contributed by atoms with van der Waals surface area (Å²) in [5, 5.41) is 10.6. The fourth-order valence-corrected chi connectivity index (χ4v) is 3.59. The van der Waals surface area contributed by atoms with E-state index in [1.165, 1.54) is 0 Å². The Kier molecular flexibility index (Phi) is 3.85. The van der Waals surface area contributed by atoms with E-state index < -0.39 is 24.4 Å². The van der Waals surface area contributed by atoms with E-state index in [2.05, 4.69) is 0 Å². The molecule has 124 valence electrons. The highest BCUT2D eigenvalue weighted by atomic mass is 16.7. The Morgan fingerprint density at radius 3 is 2.78 bits per heavy atom. The summed E-state index contributed by atoms with van der Waals surface area (Å²) in [4.78, 5) is 11.9. The summed E-state index contributed by atoms with van der Waals surface area (Å²) >= 11 is 0. The average Bonchev–Trinajstić information content (AvgIpc) is 3.30. The Balaban J connectivity index is 1.47. The van der Waals surface area contributed by atoms with Gasteiger partial charge in [0.15, 0.2) is 6.29 Å². The summed E-state index contributed by atoms with van der Waals surface area (Å²) in [5.74, 6) is -0.945. The number of ether oxygens (including phenoxy) is 4. The molecule has 5 unspecified atom stereocenters. The summed E-state index contributed by atoms with van der Waals surface area (Å²) in [6, 6.07) is 9.59. The lowest BCUT2D eigenvalue weighted by Crippen LogP contribution is -2.53. The molecule has 7 atom stereocenters. The lowest BCUT2D eigenvalue weighted by atomic mass is 9.99. The zero-order chi connectivity index (χ0) is 16.0.